The number of carbonyl (C=O) groups is 2. The topological polar surface area (TPSA) is 52.6 Å². The molecule has 0 aromatic heterocycles. The minimum atomic E-state index is -0.310. The van der Waals surface area contributed by atoms with Gasteiger partial charge in [0.25, 0.3) is 0 Å². The molecule has 1 aromatic carbocycles. The van der Waals surface area contributed by atoms with Gasteiger partial charge in [-0.3, -0.25) is 9.59 Å². The number of ether oxygens (including phenoxy) is 2. The molecule has 0 aliphatic rings. The normalized spacial score (nSPS) is 11.8. The first kappa shape index (κ1) is 21.2. The van der Waals surface area contributed by atoms with Gasteiger partial charge in [0.1, 0.15) is 0 Å². The fourth-order valence-electron chi connectivity index (χ4n) is 2.73. The maximum atomic E-state index is 12.6. The standard InChI is InChI=1S/C21H32O4/c1-4-7-8-9-14-17(12-5-2)21(23)25-19-16-11-10-15-18(19)24-20(22)13-6-3/h10-11,15-17H,4-9,12-14H2,1-3H3. The van der Waals surface area contributed by atoms with Crippen LogP contribution in [0, 0.1) is 5.92 Å². The fraction of sp³-hybridized carbons (Fsp3) is 0.619. The van der Waals surface area contributed by atoms with E-state index in [2.05, 4.69) is 13.8 Å². The molecule has 1 unspecified atom stereocenters. The minimum absolute atomic E-state index is 0.0961. The molecule has 4 nitrogen and oxygen atoms in total. The van der Waals surface area contributed by atoms with Gasteiger partial charge in [-0.2, -0.15) is 0 Å². The molecule has 0 radical (unpaired) electrons. The van der Waals surface area contributed by atoms with Crippen molar-refractivity contribution in [2.45, 2.75) is 78.6 Å². The van der Waals surface area contributed by atoms with Crippen LogP contribution >= 0.6 is 0 Å². The maximum Gasteiger partial charge on any atom is 0.314 e. The maximum absolute atomic E-state index is 12.6. The van der Waals surface area contributed by atoms with Crippen LogP contribution in [0.3, 0.4) is 0 Å². The Morgan fingerprint density at radius 1 is 0.840 bits per heavy atom. The van der Waals surface area contributed by atoms with E-state index in [-0.39, 0.29) is 17.9 Å². The number of unbranched alkanes of at least 4 members (excludes halogenated alkanes) is 3. The van der Waals surface area contributed by atoms with Gasteiger partial charge in [-0.25, -0.2) is 0 Å². The quantitative estimate of drug-likeness (QED) is 0.277. The number of carbonyl (C=O) groups excluding carboxylic acids is 2. The zero-order valence-corrected chi connectivity index (χ0v) is 15.9. The molecule has 0 fully saturated rings. The molecule has 0 spiro atoms. The molecule has 25 heavy (non-hydrogen) atoms. The van der Waals surface area contributed by atoms with Crippen LogP contribution in [0.4, 0.5) is 0 Å². The molecule has 0 bridgehead atoms. The van der Waals surface area contributed by atoms with Crippen LogP contribution in [0.2, 0.25) is 0 Å². The Hall–Kier alpha value is -1.84. The fourth-order valence-corrected chi connectivity index (χ4v) is 2.73. The third-order valence-electron chi connectivity index (χ3n) is 4.11. The lowest BCUT2D eigenvalue weighted by atomic mass is 9.96. The predicted molar refractivity (Wildman–Crippen MR) is 99.8 cm³/mol. The molecule has 0 heterocycles. The summed E-state index contributed by atoms with van der Waals surface area (Å²) in [5.41, 5.74) is 0. The van der Waals surface area contributed by atoms with Crippen LogP contribution in [0.1, 0.15) is 78.6 Å². The summed E-state index contributed by atoms with van der Waals surface area (Å²) in [4.78, 5) is 24.3. The first-order valence-electron chi connectivity index (χ1n) is 9.63. The second-order valence-electron chi connectivity index (χ2n) is 6.43. The summed E-state index contributed by atoms with van der Waals surface area (Å²) in [5.74, 6) is 0.0106. The number of benzene rings is 1. The SMILES string of the molecule is CCCCCCC(CCC)C(=O)Oc1ccccc1OC(=O)CCC. The highest BCUT2D eigenvalue weighted by Gasteiger charge is 2.21. The van der Waals surface area contributed by atoms with Crippen molar-refractivity contribution in [3.05, 3.63) is 24.3 Å². The van der Waals surface area contributed by atoms with Crippen molar-refractivity contribution in [2.24, 2.45) is 5.92 Å². The zero-order valence-electron chi connectivity index (χ0n) is 15.9. The van der Waals surface area contributed by atoms with Crippen LogP contribution in [0.5, 0.6) is 11.5 Å². The molecule has 140 valence electrons. The minimum Gasteiger partial charge on any atom is -0.423 e. The van der Waals surface area contributed by atoms with Crippen molar-refractivity contribution in [3.63, 3.8) is 0 Å². The molecule has 1 atom stereocenters. The highest BCUT2D eigenvalue weighted by molar-refractivity contribution is 5.77. The molecular weight excluding hydrogens is 316 g/mol. The summed E-state index contributed by atoms with van der Waals surface area (Å²) in [5, 5.41) is 0. The lowest BCUT2D eigenvalue weighted by Gasteiger charge is -2.16. The van der Waals surface area contributed by atoms with E-state index in [0.29, 0.717) is 17.9 Å². The van der Waals surface area contributed by atoms with Crippen LogP contribution < -0.4 is 9.47 Å². The van der Waals surface area contributed by atoms with Crippen molar-refractivity contribution in [3.8, 4) is 11.5 Å². The van der Waals surface area contributed by atoms with Gasteiger partial charge in [0.2, 0.25) is 0 Å². The third kappa shape index (κ3) is 8.19. The molecule has 0 N–H and O–H groups in total. The van der Waals surface area contributed by atoms with Gasteiger partial charge in [0, 0.05) is 6.42 Å². The number of rotatable bonds is 12. The number of hydrogen-bond donors (Lipinski definition) is 0. The Balaban J connectivity index is 2.70. The van der Waals surface area contributed by atoms with Gasteiger partial charge in [-0.1, -0.05) is 65.0 Å². The van der Waals surface area contributed by atoms with Gasteiger partial charge >= 0.3 is 11.9 Å². The molecule has 0 amide bonds. The van der Waals surface area contributed by atoms with E-state index in [1.807, 2.05) is 6.92 Å². The van der Waals surface area contributed by atoms with E-state index >= 15 is 0 Å². The van der Waals surface area contributed by atoms with Gasteiger partial charge in [-0.15, -0.1) is 0 Å². The first-order chi connectivity index (χ1) is 12.1. The molecule has 0 aliphatic heterocycles. The van der Waals surface area contributed by atoms with E-state index in [0.717, 1.165) is 38.5 Å². The van der Waals surface area contributed by atoms with Crippen LogP contribution in [0.25, 0.3) is 0 Å². The second-order valence-corrected chi connectivity index (χ2v) is 6.43. The third-order valence-corrected chi connectivity index (χ3v) is 4.11. The monoisotopic (exact) mass is 348 g/mol. The number of para-hydroxylation sites is 2. The van der Waals surface area contributed by atoms with E-state index in [4.69, 9.17) is 9.47 Å². The van der Waals surface area contributed by atoms with Crippen molar-refractivity contribution in [2.75, 3.05) is 0 Å². The molecule has 0 saturated heterocycles. The van der Waals surface area contributed by atoms with Crippen LogP contribution in [-0.2, 0) is 9.59 Å². The largest absolute Gasteiger partial charge is 0.423 e. The summed E-state index contributed by atoms with van der Waals surface area (Å²) in [7, 11) is 0. The van der Waals surface area contributed by atoms with Gasteiger partial charge in [0.15, 0.2) is 11.5 Å². The predicted octanol–water partition coefficient (Wildman–Crippen LogP) is 5.68. The summed E-state index contributed by atoms with van der Waals surface area (Å²) in [6, 6.07) is 6.87. The average Bonchev–Trinajstić information content (AvgIpc) is 2.59. The van der Waals surface area contributed by atoms with E-state index in [1.54, 1.807) is 24.3 Å². The van der Waals surface area contributed by atoms with Crippen molar-refractivity contribution in [1.82, 2.24) is 0 Å². The Morgan fingerprint density at radius 3 is 2.12 bits per heavy atom. The molecule has 4 heteroatoms. The molecule has 0 aliphatic carbocycles. The summed E-state index contributed by atoms with van der Waals surface area (Å²) >= 11 is 0. The second kappa shape index (κ2) is 12.5. The molecule has 0 saturated carbocycles. The van der Waals surface area contributed by atoms with Crippen molar-refractivity contribution >= 4 is 11.9 Å². The highest BCUT2D eigenvalue weighted by Crippen LogP contribution is 2.29. The van der Waals surface area contributed by atoms with Gasteiger partial charge < -0.3 is 9.47 Å². The summed E-state index contributed by atoms with van der Waals surface area (Å²) in [6.45, 7) is 6.17. The highest BCUT2D eigenvalue weighted by atomic mass is 16.6. The zero-order chi connectivity index (χ0) is 18.5. The van der Waals surface area contributed by atoms with E-state index < -0.39 is 0 Å². The Bertz CT molecular complexity index is 524. The average molecular weight is 348 g/mol. The number of esters is 2. The lowest BCUT2D eigenvalue weighted by Crippen LogP contribution is -2.21. The lowest BCUT2D eigenvalue weighted by molar-refractivity contribution is -0.140. The smallest absolute Gasteiger partial charge is 0.314 e. The molecular formula is C21H32O4. The first-order valence-corrected chi connectivity index (χ1v) is 9.63. The molecule has 1 rings (SSSR count). The van der Waals surface area contributed by atoms with Crippen molar-refractivity contribution < 1.29 is 19.1 Å². The Labute approximate surface area is 151 Å². The van der Waals surface area contributed by atoms with Crippen LogP contribution in [-0.4, -0.2) is 11.9 Å². The van der Waals surface area contributed by atoms with Gasteiger partial charge in [-0.05, 0) is 31.4 Å². The Morgan fingerprint density at radius 2 is 1.52 bits per heavy atom. The Kier molecular flexibility index (Phi) is 10.6. The molecule has 1 aromatic rings. The van der Waals surface area contributed by atoms with Crippen molar-refractivity contribution in [1.29, 1.82) is 0 Å². The van der Waals surface area contributed by atoms with Crippen LogP contribution in [0.15, 0.2) is 24.3 Å². The van der Waals surface area contributed by atoms with Gasteiger partial charge in [0.05, 0.1) is 5.92 Å². The van der Waals surface area contributed by atoms with E-state index in [1.165, 1.54) is 12.8 Å². The number of hydrogen-bond acceptors (Lipinski definition) is 4. The summed E-state index contributed by atoms with van der Waals surface area (Å²) in [6.07, 6.45) is 8.25. The van der Waals surface area contributed by atoms with E-state index in [9.17, 15) is 9.59 Å². The summed E-state index contributed by atoms with van der Waals surface area (Å²) < 4.78 is 10.9.